The first-order chi connectivity index (χ1) is 7.27. The van der Waals surface area contributed by atoms with Gasteiger partial charge >= 0.3 is 0 Å². The molecule has 0 saturated carbocycles. The summed E-state index contributed by atoms with van der Waals surface area (Å²) in [5, 5.41) is 5.39. The van der Waals surface area contributed by atoms with Crippen LogP contribution in [0.4, 0.5) is 0 Å². The van der Waals surface area contributed by atoms with Crippen LogP contribution in [0.2, 0.25) is 0 Å². The molecule has 1 aliphatic rings. The molecule has 1 N–H and O–H groups in total. The van der Waals surface area contributed by atoms with Crippen molar-refractivity contribution in [3.05, 3.63) is 21.9 Å². The predicted octanol–water partition coefficient (Wildman–Crippen LogP) is 2.33. The summed E-state index contributed by atoms with van der Waals surface area (Å²) in [6.45, 7) is 3.04. The topological polar surface area (TPSA) is 29.1 Å². The summed E-state index contributed by atoms with van der Waals surface area (Å²) in [7, 11) is 0. The van der Waals surface area contributed by atoms with E-state index >= 15 is 0 Å². The van der Waals surface area contributed by atoms with Crippen LogP contribution in [0.1, 0.15) is 21.7 Å². The summed E-state index contributed by atoms with van der Waals surface area (Å²) in [5.41, 5.74) is 1.12. The van der Waals surface area contributed by atoms with Crippen LogP contribution in [-0.2, 0) is 0 Å². The molecular formula is C11H15NOS2. The van der Waals surface area contributed by atoms with Gasteiger partial charge in [-0.1, -0.05) is 0 Å². The third kappa shape index (κ3) is 2.83. The van der Waals surface area contributed by atoms with Gasteiger partial charge in [0, 0.05) is 30.5 Å². The summed E-state index contributed by atoms with van der Waals surface area (Å²) >= 11 is 3.50. The zero-order chi connectivity index (χ0) is 10.7. The largest absolute Gasteiger partial charge is 0.312 e. The average molecular weight is 241 g/mol. The molecule has 1 fully saturated rings. The Labute approximate surface area is 98.5 Å². The van der Waals surface area contributed by atoms with Crippen LogP contribution in [-0.4, -0.2) is 29.9 Å². The Morgan fingerprint density at radius 3 is 3.13 bits per heavy atom. The molecule has 1 aliphatic heterocycles. The molecule has 0 amide bonds. The van der Waals surface area contributed by atoms with Crippen LogP contribution in [0.15, 0.2) is 11.4 Å². The molecule has 15 heavy (non-hydrogen) atoms. The second kappa shape index (κ2) is 5.14. The molecule has 4 heteroatoms. The summed E-state index contributed by atoms with van der Waals surface area (Å²) in [6, 6.07) is 2.39. The number of hydrogen-bond donors (Lipinski definition) is 1. The van der Waals surface area contributed by atoms with Crippen LogP contribution < -0.4 is 5.32 Å². The fraction of sp³-hybridized carbons (Fsp3) is 0.545. The lowest BCUT2D eigenvalue weighted by Crippen LogP contribution is -2.38. The van der Waals surface area contributed by atoms with Crippen molar-refractivity contribution in [2.75, 3.05) is 18.1 Å². The molecule has 1 aromatic rings. The van der Waals surface area contributed by atoms with E-state index in [-0.39, 0.29) is 0 Å². The lowest BCUT2D eigenvalue weighted by Gasteiger charge is -2.22. The lowest BCUT2D eigenvalue weighted by atomic mass is 10.1. The van der Waals surface area contributed by atoms with E-state index < -0.39 is 0 Å². The lowest BCUT2D eigenvalue weighted by molar-refractivity contribution is 0.0975. The van der Waals surface area contributed by atoms with Crippen LogP contribution >= 0.6 is 23.1 Å². The minimum Gasteiger partial charge on any atom is -0.312 e. The van der Waals surface area contributed by atoms with E-state index in [1.165, 1.54) is 5.75 Å². The molecule has 1 unspecified atom stereocenters. The molecule has 1 saturated heterocycles. The van der Waals surface area contributed by atoms with Crippen molar-refractivity contribution in [2.24, 2.45) is 0 Å². The van der Waals surface area contributed by atoms with E-state index in [0.717, 1.165) is 22.7 Å². The van der Waals surface area contributed by atoms with Crippen LogP contribution in [0.25, 0.3) is 0 Å². The second-order valence-corrected chi connectivity index (χ2v) is 5.85. The molecule has 82 valence electrons. The number of ketones is 1. The maximum Gasteiger partial charge on any atom is 0.174 e. The van der Waals surface area contributed by atoms with E-state index in [0.29, 0.717) is 18.2 Å². The Morgan fingerprint density at radius 2 is 2.53 bits per heavy atom. The molecule has 2 heterocycles. The number of thiophene rings is 1. The predicted molar refractivity (Wildman–Crippen MR) is 67.1 cm³/mol. The van der Waals surface area contributed by atoms with Crippen LogP contribution in [0, 0.1) is 6.92 Å². The number of thioether (sulfide) groups is 1. The summed E-state index contributed by atoms with van der Waals surface area (Å²) < 4.78 is 0. The summed E-state index contributed by atoms with van der Waals surface area (Å²) in [4.78, 5) is 12.9. The number of Topliss-reactive ketones (excluding diaryl/α,β-unsaturated/α-hetero) is 1. The number of nitrogens with one attached hydrogen (secondary N) is 1. The van der Waals surface area contributed by atoms with Crippen molar-refractivity contribution in [1.29, 1.82) is 0 Å². The van der Waals surface area contributed by atoms with Gasteiger partial charge in [0.15, 0.2) is 5.78 Å². The number of aryl methyl sites for hydroxylation is 1. The first-order valence-electron chi connectivity index (χ1n) is 5.16. The summed E-state index contributed by atoms with van der Waals surface area (Å²) in [6.07, 6.45) is 0.647. The molecule has 0 aliphatic carbocycles. The highest BCUT2D eigenvalue weighted by Crippen LogP contribution is 2.20. The van der Waals surface area contributed by atoms with E-state index in [4.69, 9.17) is 0 Å². The van der Waals surface area contributed by atoms with Gasteiger partial charge in [-0.05, 0) is 23.9 Å². The third-order valence-corrected chi connectivity index (χ3v) is 4.73. The SMILES string of the molecule is Cc1ccsc1C(=O)CC1CSCCN1. The Morgan fingerprint density at radius 1 is 1.67 bits per heavy atom. The smallest absolute Gasteiger partial charge is 0.174 e. The highest BCUT2D eigenvalue weighted by molar-refractivity contribution is 7.99. The van der Waals surface area contributed by atoms with Crippen molar-refractivity contribution in [3.63, 3.8) is 0 Å². The maximum atomic E-state index is 12.0. The quantitative estimate of drug-likeness (QED) is 0.824. The fourth-order valence-electron chi connectivity index (χ4n) is 1.73. The normalized spacial score (nSPS) is 21.5. The molecular weight excluding hydrogens is 226 g/mol. The van der Waals surface area contributed by atoms with Gasteiger partial charge in [-0.25, -0.2) is 0 Å². The zero-order valence-electron chi connectivity index (χ0n) is 8.79. The van der Waals surface area contributed by atoms with Crippen LogP contribution in [0.3, 0.4) is 0 Å². The number of rotatable bonds is 3. The highest BCUT2D eigenvalue weighted by Gasteiger charge is 2.19. The standard InChI is InChI=1S/C11H15NOS2/c1-8-2-4-15-11(8)10(13)6-9-7-14-5-3-12-9/h2,4,9,12H,3,5-7H2,1H3. The molecule has 1 aromatic heterocycles. The summed E-state index contributed by atoms with van der Waals surface area (Å²) in [5.74, 6) is 2.53. The Balaban J connectivity index is 1.94. The van der Waals surface area contributed by atoms with Crippen molar-refractivity contribution in [1.82, 2.24) is 5.32 Å². The minimum absolute atomic E-state index is 0.294. The fourth-order valence-corrected chi connectivity index (χ4v) is 3.55. The van der Waals surface area contributed by atoms with E-state index in [9.17, 15) is 4.79 Å². The Hall–Kier alpha value is -0.320. The van der Waals surface area contributed by atoms with Crippen molar-refractivity contribution < 1.29 is 4.79 Å². The molecule has 0 aromatic carbocycles. The second-order valence-electron chi connectivity index (χ2n) is 3.79. The van der Waals surface area contributed by atoms with Gasteiger partial charge in [0.25, 0.3) is 0 Å². The third-order valence-electron chi connectivity index (χ3n) is 2.55. The molecule has 2 nitrogen and oxygen atoms in total. The first-order valence-corrected chi connectivity index (χ1v) is 7.19. The van der Waals surface area contributed by atoms with Gasteiger partial charge < -0.3 is 5.32 Å². The molecule has 0 spiro atoms. The van der Waals surface area contributed by atoms with Gasteiger partial charge in [0.1, 0.15) is 0 Å². The van der Waals surface area contributed by atoms with Gasteiger partial charge in [0.2, 0.25) is 0 Å². The van der Waals surface area contributed by atoms with Gasteiger partial charge in [-0.3, -0.25) is 4.79 Å². The van der Waals surface area contributed by atoms with Crippen LogP contribution in [0.5, 0.6) is 0 Å². The van der Waals surface area contributed by atoms with Crippen molar-refractivity contribution >= 4 is 28.9 Å². The molecule has 0 radical (unpaired) electrons. The molecule has 0 bridgehead atoms. The maximum absolute atomic E-state index is 12.0. The van der Waals surface area contributed by atoms with Gasteiger partial charge in [-0.15, -0.1) is 11.3 Å². The van der Waals surface area contributed by atoms with Gasteiger partial charge in [-0.2, -0.15) is 11.8 Å². The Kier molecular flexibility index (Phi) is 3.83. The first kappa shape index (κ1) is 11.2. The molecule has 1 atom stereocenters. The number of carbonyl (C=O) groups excluding carboxylic acids is 1. The van der Waals surface area contributed by atoms with Crippen molar-refractivity contribution in [2.45, 2.75) is 19.4 Å². The van der Waals surface area contributed by atoms with Crippen molar-refractivity contribution in [3.8, 4) is 0 Å². The van der Waals surface area contributed by atoms with Gasteiger partial charge in [0.05, 0.1) is 4.88 Å². The average Bonchev–Trinajstić information content (AvgIpc) is 2.66. The Bertz CT molecular complexity index is 342. The minimum atomic E-state index is 0.294. The number of carbonyl (C=O) groups is 1. The van der Waals surface area contributed by atoms with E-state index in [2.05, 4.69) is 5.32 Å². The molecule has 2 rings (SSSR count). The highest BCUT2D eigenvalue weighted by atomic mass is 32.2. The monoisotopic (exact) mass is 241 g/mol. The zero-order valence-corrected chi connectivity index (χ0v) is 10.4. The number of hydrogen-bond acceptors (Lipinski definition) is 4. The van der Waals surface area contributed by atoms with E-state index in [1.54, 1.807) is 11.3 Å². The van der Waals surface area contributed by atoms with E-state index in [1.807, 2.05) is 30.1 Å².